The number of hydrogen-bond donors (Lipinski definition) is 2. The lowest BCUT2D eigenvalue weighted by molar-refractivity contribution is -0.121. The monoisotopic (exact) mass is 449 g/mol. The highest BCUT2D eigenvalue weighted by molar-refractivity contribution is 7.85. The van der Waals surface area contributed by atoms with E-state index < -0.39 is 15.9 Å². The molecular formula is C21H23NO6S2. The summed E-state index contributed by atoms with van der Waals surface area (Å²) in [5.74, 6) is -0.485. The van der Waals surface area contributed by atoms with Gasteiger partial charge in [-0.15, -0.1) is 0 Å². The molecule has 0 saturated carbocycles. The highest BCUT2D eigenvalue weighted by Gasteiger charge is 2.09. The number of carbonyl (C=O) groups is 2. The first-order valence-electron chi connectivity index (χ1n) is 8.86. The van der Waals surface area contributed by atoms with Gasteiger partial charge in [0.1, 0.15) is 5.75 Å². The van der Waals surface area contributed by atoms with Gasteiger partial charge in [0, 0.05) is 17.7 Å². The average molecular weight is 450 g/mol. The molecule has 0 aliphatic rings. The van der Waals surface area contributed by atoms with Crippen LogP contribution < -0.4 is 10.1 Å². The Balaban J connectivity index is 0.00000141. The normalized spacial score (nSPS) is 10.2. The molecule has 1 amide bonds. The predicted molar refractivity (Wildman–Crippen MR) is 119 cm³/mol. The lowest BCUT2D eigenvalue weighted by Gasteiger charge is -2.08. The summed E-state index contributed by atoms with van der Waals surface area (Å²) in [6, 6.07) is 13.9. The Kier molecular flexibility index (Phi) is 10.6. The minimum absolute atomic E-state index is 0.0372. The Bertz CT molecular complexity index is 977. The van der Waals surface area contributed by atoms with Crippen molar-refractivity contribution in [2.24, 2.45) is 0 Å². The second kappa shape index (κ2) is 12.7. The van der Waals surface area contributed by atoms with Gasteiger partial charge in [0.25, 0.3) is 10.1 Å². The molecule has 0 atom stereocenters. The molecule has 30 heavy (non-hydrogen) atoms. The minimum Gasteiger partial charge on any atom is -0.493 e. The zero-order valence-corrected chi connectivity index (χ0v) is 18.1. The van der Waals surface area contributed by atoms with E-state index in [9.17, 15) is 18.0 Å². The Labute approximate surface area is 181 Å². The topological polar surface area (TPSA) is 110 Å². The van der Waals surface area contributed by atoms with Crippen LogP contribution in [0.1, 0.15) is 27.9 Å². The lowest BCUT2D eigenvalue weighted by atomic mass is 10.0. The number of carbonyl (C=O) groups excluding carboxylic acids is 2. The summed E-state index contributed by atoms with van der Waals surface area (Å²) in [5.41, 5.74) is 2.22. The Morgan fingerprint density at radius 1 is 1.10 bits per heavy atom. The van der Waals surface area contributed by atoms with E-state index in [1.165, 1.54) is 0 Å². The van der Waals surface area contributed by atoms with Gasteiger partial charge in [0.2, 0.25) is 5.91 Å². The van der Waals surface area contributed by atoms with Crippen molar-refractivity contribution in [3.05, 3.63) is 71.8 Å². The quantitative estimate of drug-likeness (QED) is 0.344. The number of rotatable bonds is 9. The lowest BCUT2D eigenvalue weighted by Crippen LogP contribution is -2.29. The summed E-state index contributed by atoms with van der Waals surface area (Å²) in [4.78, 5) is 23.9. The molecule has 0 heterocycles. The van der Waals surface area contributed by atoms with Crippen molar-refractivity contribution in [3.8, 4) is 5.75 Å². The van der Waals surface area contributed by atoms with Gasteiger partial charge in [-0.3, -0.25) is 14.1 Å². The molecule has 7 nitrogen and oxygen atoms in total. The maximum Gasteiger partial charge on any atom is 0.266 e. The summed E-state index contributed by atoms with van der Waals surface area (Å²) < 4.78 is 35.1. The molecule has 0 radical (unpaired) electrons. The van der Waals surface area contributed by atoms with Crippen LogP contribution in [0.3, 0.4) is 0 Å². The van der Waals surface area contributed by atoms with Crippen molar-refractivity contribution in [3.63, 3.8) is 0 Å². The first-order valence-corrected chi connectivity index (χ1v) is 10.9. The summed E-state index contributed by atoms with van der Waals surface area (Å²) in [6.07, 6.45) is 0.0372. The molecule has 2 aromatic carbocycles. The van der Waals surface area contributed by atoms with Crippen LogP contribution in [-0.2, 0) is 14.9 Å². The van der Waals surface area contributed by atoms with Crippen molar-refractivity contribution in [1.82, 2.24) is 5.32 Å². The van der Waals surface area contributed by atoms with Crippen LogP contribution >= 0.6 is 12.2 Å². The first-order chi connectivity index (χ1) is 14.2. The van der Waals surface area contributed by atoms with Crippen LogP contribution in [0, 0.1) is 6.92 Å². The van der Waals surface area contributed by atoms with Gasteiger partial charge < -0.3 is 10.1 Å². The first kappa shape index (κ1) is 25.2. The molecular weight excluding hydrogens is 426 g/mol. The van der Waals surface area contributed by atoms with Crippen LogP contribution in [0.4, 0.5) is 0 Å². The van der Waals surface area contributed by atoms with E-state index in [-0.39, 0.29) is 31.3 Å². The molecule has 0 aromatic heterocycles. The number of ketones is 1. The number of amides is 1. The number of thiocarbonyl (C=S) groups is 1. The maximum absolute atomic E-state index is 12.4. The third kappa shape index (κ3) is 10.1. The molecule has 0 unspecified atom stereocenters. The fourth-order valence-electron chi connectivity index (χ4n) is 2.24. The van der Waals surface area contributed by atoms with E-state index in [0.29, 0.717) is 16.9 Å². The molecule has 0 spiro atoms. The molecule has 2 N–H and O–H groups in total. The highest BCUT2D eigenvalue weighted by atomic mass is 32.2. The summed E-state index contributed by atoms with van der Waals surface area (Å²) >= 11 is 4.03. The van der Waals surface area contributed by atoms with Crippen LogP contribution in [0.15, 0.2) is 55.1 Å². The Hall–Kier alpha value is -2.84. The maximum atomic E-state index is 12.4. The Morgan fingerprint density at radius 2 is 1.60 bits per heavy atom. The van der Waals surface area contributed by atoms with Gasteiger partial charge in [-0.05, 0) is 50.0 Å². The standard InChI is InChI=1S/C19H21NO6S.C2H2S/c1-14-2-4-15(5-3-14)19(22)16-6-8-17(9-7-16)26-12-10-18(21)20-11-13-27(23,24)25;1-2-3/h2-9H,10-13H2,1H3,(H,20,21)(H,23,24,25);1H2. The summed E-state index contributed by atoms with van der Waals surface area (Å²) in [7, 11) is -4.09. The third-order valence-electron chi connectivity index (χ3n) is 3.71. The van der Waals surface area contributed by atoms with Crippen molar-refractivity contribution in [2.75, 3.05) is 18.9 Å². The fraction of sp³-hybridized carbons (Fsp3) is 0.238. The second-order valence-electron chi connectivity index (χ2n) is 6.10. The van der Waals surface area contributed by atoms with Crippen molar-refractivity contribution in [2.45, 2.75) is 13.3 Å². The molecule has 9 heteroatoms. The van der Waals surface area contributed by atoms with E-state index in [0.717, 1.165) is 5.56 Å². The fourth-order valence-corrected chi connectivity index (χ4v) is 2.60. The number of hydrogen-bond acceptors (Lipinski definition) is 6. The molecule has 0 fully saturated rings. The van der Waals surface area contributed by atoms with Gasteiger partial charge in [-0.1, -0.05) is 34.9 Å². The van der Waals surface area contributed by atoms with Gasteiger partial charge in [0.15, 0.2) is 5.78 Å². The van der Waals surface area contributed by atoms with Crippen LogP contribution in [0.2, 0.25) is 0 Å². The second-order valence-corrected chi connectivity index (χ2v) is 7.96. The Morgan fingerprint density at radius 3 is 2.10 bits per heavy atom. The minimum atomic E-state index is -4.09. The molecule has 0 saturated heterocycles. The summed E-state index contributed by atoms with van der Waals surface area (Å²) in [6.45, 7) is 4.95. The number of aryl methyl sites for hydroxylation is 1. The van der Waals surface area contributed by atoms with Gasteiger partial charge in [-0.2, -0.15) is 8.42 Å². The van der Waals surface area contributed by atoms with E-state index >= 15 is 0 Å². The predicted octanol–water partition coefficient (Wildman–Crippen LogP) is 2.77. The smallest absolute Gasteiger partial charge is 0.266 e. The van der Waals surface area contributed by atoms with Gasteiger partial charge in [0.05, 0.1) is 18.8 Å². The van der Waals surface area contributed by atoms with Gasteiger partial charge in [-0.25, -0.2) is 0 Å². The number of nitrogens with one attached hydrogen (secondary N) is 1. The molecule has 0 aliphatic heterocycles. The largest absolute Gasteiger partial charge is 0.493 e. The van der Waals surface area contributed by atoms with E-state index in [1.54, 1.807) is 36.4 Å². The number of benzene rings is 2. The van der Waals surface area contributed by atoms with E-state index in [4.69, 9.17) is 9.29 Å². The van der Waals surface area contributed by atoms with Crippen molar-refractivity contribution < 1.29 is 27.3 Å². The number of ether oxygens (including phenoxy) is 1. The average Bonchev–Trinajstić information content (AvgIpc) is 2.68. The van der Waals surface area contributed by atoms with E-state index in [2.05, 4.69) is 29.1 Å². The molecule has 2 aromatic rings. The molecule has 2 rings (SSSR count). The molecule has 0 bridgehead atoms. The van der Waals surface area contributed by atoms with Crippen LogP contribution in [-0.4, -0.2) is 48.6 Å². The highest BCUT2D eigenvalue weighted by Crippen LogP contribution is 2.16. The van der Waals surface area contributed by atoms with Gasteiger partial charge >= 0.3 is 0 Å². The SMILES string of the molecule is C=C=S.Cc1ccc(C(=O)c2ccc(OCCC(=O)NCCS(=O)(=O)O)cc2)cc1. The third-order valence-corrected chi connectivity index (χ3v) is 4.43. The zero-order valence-electron chi connectivity index (χ0n) is 16.5. The van der Waals surface area contributed by atoms with Crippen LogP contribution in [0.5, 0.6) is 5.75 Å². The summed E-state index contributed by atoms with van der Waals surface area (Å²) in [5, 5.41) is 4.45. The molecule has 0 aliphatic carbocycles. The van der Waals surface area contributed by atoms with Crippen molar-refractivity contribution in [1.29, 1.82) is 0 Å². The van der Waals surface area contributed by atoms with Crippen LogP contribution in [0.25, 0.3) is 0 Å². The van der Waals surface area contributed by atoms with Crippen molar-refractivity contribution >= 4 is 39.0 Å². The molecule has 160 valence electrons. The zero-order chi connectivity index (χ0) is 22.6. The van der Waals surface area contributed by atoms with E-state index in [1.807, 2.05) is 19.1 Å².